The van der Waals surface area contributed by atoms with Crippen LogP contribution in [0.2, 0.25) is 0 Å². The van der Waals surface area contributed by atoms with Gasteiger partial charge >= 0.3 is 0 Å². The highest BCUT2D eigenvalue weighted by molar-refractivity contribution is 7.03. The van der Waals surface area contributed by atoms with E-state index in [1.165, 1.54) is 30.3 Å². The first-order valence-corrected chi connectivity index (χ1v) is 6.71. The Hall–Kier alpha value is -3.14. The standard InChI is InChI=1S/C4H5NO.C3H4N2O.C3H3NS.C2H2N2O/c1-2-4-6-5-3-1;1-2-4-5-6-3-1;1-2-4-5-3-1;1-2-5-4-3-1/h1-5H;1-3,5H;1-3H;1-2H. The van der Waals surface area contributed by atoms with Crippen LogP contribution in [-0.2, 0) is 9.68 Å². The molecule has 2 aliphatic heterocycles. The number of rotatable bonds is 0. The number of hydrogen-bond acceptors (Lipinski definition) is 10. The molecular formula is C12H14N6O3S. The molecule has 0 fully saturated rings. The minimum atomic E-state index is 1.40. The minimum absolute atomic E-state index is 1.40. The summed E-state index contributed by atoms with van der Waals surface area (Å²) in [7, 11) is 0. The van der Waals surface area contributed by atoms with Crippen LogP contribution < -0.4 is 11.1 Å². The lowest BCUT2D eigenvalue weighted by atomic mass is 10.6. The largest absolute Gasteiger partial charge is 0.391 e. The van der Waals surface area contributed by atoms with E-state index in [1.54, 1.807) is 37.0 Å². The normalized spacial score (nSPS) is 12.4. The van der Waals surface area contributed by atoms with Gasteiger partial charge in [-0.3, -0.25) is 0 Å². The van der Waals surface area contributed by atoms with Gasteiger partial charge in [0.25, 0.3) is 0 Å². The third kappa shape index (κ3) is 11.9. The monoisotopic (exact) mass is 322 g/mol. The van der Waals surface area contributed by atoms with Gasteiger partial charge in [0, 0.05) is 23.0 Å². The van der Waals surface area contributed by atoms with Gasteiger partial charge in [-0.2, -0.15) is 5.10 Å². The molecule has 2 aliphatic rings. The number of aromatic nitrogens is 3. The Labute approximate surface area is 130 Å². The molecule has 9 nitrogen and oxygen atoms in total. The smallest absolute Gasteiger partial charge is 0.144 e. The lowest BCUT2D eigenvalue weighted by molar-refractivity contribution is 0.136. The number of hydrogen-bond donors (Lipinski definition) is 2. The molecule has 0 unspecified atom stereocenters. The fourth-order valence-electron chi connectivity index (χ4n) is 0.779. The van der Waals surface area contributed by atoms with Gasteiger partial charge in [-0.25, -0.2) is 9.85 Å². The molecule has 0 aromatic carbocycles. The van der Waals surface area contributed by atoms with E-state index >= 15 is 0 Å². The van der Waals surface area contributed by atoms with E-state index in [1.807, 2.05) is 17.5 Å². The number of hydroxylamine groups is 1. The van der Waals surface area contributed by atoms with Gasteiger partial charge < -0.3 is 14.2 Å². The summed E-state index contributed by atoms with van der Waals surface area (Å²) in [6, 6.07) is 1.91. The summed E-state index contributed by atoms with van der Waals surface area (Å²) < 4.78 is 7.99. The SMILES string of the molecule is C1=CNOC=C1.C1=CONN=C1.c1cnsc1.c1conn1. The Balaban J connectivity index is 0.000000147. The second-order valence-corrected chi connectivity index (χ2v) is 3.71. The minimum Gasteiger partial charge on any atom is -0.391 e. The summed E-state index contributed by atoms with van der Waals surface area (Å²) >= 11 is 1.46. The van der Waals surface area contributed by atoms with Crippen LogP contribution in [0, 0.1) is 0 Å². The second kappa shape index (κ2) is 14.3. The molecule has 10 heteroatoms. The molecule has 116 valence electrons. The Morgan fingerprint density at radius 2 is 1.95 bits per heavy atom. The van der Waals surface area contributed by atoms with Crippen LogP contribution in [0.1, 0.15) is 0 Å². The molecule has 0 spiro atoms. The number of hydrazone groups is 1. The van der Waals surface area contributed by atoms with Crippen LogP contribution in [0.15, 0.2) is 76.7 Å². The lowest BCUT2D eigenvalue weighted by Crippen LogP contribution is -2.03. The summed E-state index contributed by atoms with van der Waals surface area (Å²) in [4.78, 5) is 8.99. The maximum absolute atomic E-state index is 4.55. The molecule has 0 saturated carbocycles. The number of nitrogens with zero attached hydrogens (tertiary/aromatic N) is 4. The second-order valence-electron chi connectivity index (χ2n) is 3.02. The van der Waals surface area contributed by atoms with E-state index in [0.29, 0.717) is 0 Å². The van der Waals surface area contributed by atoms with Crippen molar-refractivity contribution in [3.8, 4) is 0 Å². The molecule has 2 N–H and O–H groups in total. The highest BCUT2D eigenvalue weighted by atomic mass is 32.1. The van der Waals surface area contributed by atoms with Gasteiger partial charge in [-0.05, 0) is 35.8 Å². The molecule has 0 radical (unpaired) electrons. The first-order chi connectivity index (χ1) is 11.0. The lowest BCUT2D eigenvalue weighted by Gasteiger charge is -1.97. The van der Waals surface area contributed by atoms with Gasteiger partial charge in [0.15, 0.2) is 0 Å². The molecule has 2 aromatic rings. The predicted molar refractivity (Wildman–Crippen MR) is 80.8 cm³/mol. The zero-order valence-electron chi connectivity index (χ0n) is 11.4. The fourth-order valence-corrected chi connectivity index (χ4v) is 1.13. The molecule has 0 bridgehead atoms. The predicted octanol–water partition coefficient (Wildman–Crippen LogP) is 1.78. The molecular weight excluding hydrogens is 308 g/mol. The van der Waals surface area contributed by atoms with Crippen molar-refractivity contribution in [2.75, 3.05) is 0 Å². The maximum Gasteiger partial charge on any atom is 0.144 e. The van der Waals surface area contributed by atoms with Crippen molar-refractivity contribution < 1.29 is 14.2 Å². The molecule has 0 amide bonds. The highest BCUT2D eigenvalue weighted by Crippen LogP contribution is 1.84. The molecule has 0 atom stereocenters. The van der Waals surface area contributed by atoms with Gasteiger partial charge in [0.2, 0.25) is 0 Å². The van der Waals surface area contributed by atoms with Crippen LogP contribution in [0.5, 0.6) is 0 Å². The van der Waals surface area contributed by atoms with E-state index in [4.69, 9.17) is 0 Å². The van der Waals surface area contributed by atoms with Crippen LogP contribution in [0.4, 0.5) is 0 Å². The van der Waals surface area contributed by atoms with Crippen LogP contribution >= 0.6 is 11.5 Å². The average molecular weight is 322 g/mol. The summed E-state index contributed by atoms with van der Waals surface area (Å²) in [5, 5.41) is 11.8. The maximum atomic E-state index is 4.55. The van der Waals surface area contributed by atoms with E-state index in [2.05, 4.69) is 45.1 Å². The summed E-state index contributed by atoms with van der Waals surface area (Å²) in [5.74, 6) is 0. The zero-order chi connectivity index (χ0) is 15.6. The Bertz CT molecular complexity index is 431. The van der Waals surface area contributed by atoms with Crippen molar-refractivity contribution in [1.82, 2.24) is 25.8 Å². The molecule has 4 heterocycles. The summed E-state index contributed by atoms with van der Waals surface area (Å²) in [6.45, 7) is 0. The van der Waals surface area contributed by atoms with Gasteiger partial charge in [0.1, 0.15) is 18.8 Å². The zero-order valence-corrected chi connectivity index (χ0v) is 12.2. The van der Waals surface area contributed by atoms with E-state index in [0.717, 1.165) is 0 Å². The van der Waals surface area contributed by atoms with Crippen LogP contribution in [0.3, 0.4) is 0 Å². The topological polar surface area (TPSA) is 107 Å². The van der Waals surface area contributed by atoms with Crippen LogP contribution in [-0.4, -0.2) is 21.0 Å². The van der Waals surface area contributed by atoms with Crippen molar-refractivity contribution in [2.45, 2.75) is 0 Å². The molecule has 2 aromatic heterocycles. The fraction of sp³-hybridized carbons (Fsp3) is 0. The third-order valence-corrected chi connectivity index (χ3v) is 2.05. The Morgan fingerprint density at radius 1 is 1.00 bits per heavy atom. The quantitative estimate of drug-likeness (QED) is 0.756. The van der Waals surface area contributed by atoms with Crippen LogP contribution in [0.25, 0.3) is 0 Å². The molecule has 22 heavy (non-hydrogen) atoms. The van der Waals surface area contributed by atoms with Crippen molar-refractivity contribution in [2.24, 2.45) is 5.10 Å². The molecule has 0 saturated heterocycles. The first kappa shape index (κ1) is 16.9. The number of allylic oxidation sites excluding steroid dienone is 3. The van der Waals surface area contributed by atoms with Crippen molar-refractivity contribution in [3.05, 3.63) is 67.1 Å². The van der Waals surface area contributed by atoms with Gasteiger partial charge in [-0.15, -0.1) is 10.7 Å². The van der Waals surface area contributed by atoms with E-state index < -0.39 is 0 Å². The molecule has 0 aliphatic carbocycles. The van der Waals surface area contributed by atoms with E-state index in [-0.39, 0.29) is 0 Å². The first-order valence-electron chi connectivity index (χ1n) is 5.87. The summed E-state index contributed by atoms with van der Waals surface area (Å²) in [6.07, 6.45) is 16.4. The van der Waals surface area contributed by atoms with E-state index in [9.17, 15) is 0 Å². The third-order valence-electron chi connectivity index (χ3n) is 1.53. The Morgan fingerprint density at radius 3 is 2.14 bits per heavy atom. The van der Waals surface area contributed by atoms with Gasteiger partial charge in [0.05, 0.1) is 12.4 Å². The number of nitrogens with one attached hydrogen (secondary N) is 2. The average Bonchev–Trinajstić information content (AvgIpc) is 3.37. The highest BCUT2D eigenvalue weighted by Gasteiger charge is 1.73. The van der Waals surface area contributed by atoms with Crippen molar-refractivity contribution in [1.29, 1.82) is 0 Å². The van der Waals surface area contributed by atoms with Crippen molar-refractivity contribution in [3.63, 3.8) is 0 Å². The van der Waals surface area contributed by atoms with Gasteiger partial charge in [-0.1, -0.05) is 0 Å². The Kier molecular flexibility index (Phi) is 11.0. The van der Waals surface area contributed by atoms with Crippen molar-refractivity contribution >= 4 is 17.7 Å². The summed E-state index contributed by atoms with van der Waals surface area (Å²) in [5.41, 5.74) is 4.78. The molecule has 4 rings (SSSR count).